The van der Waals surface area contributed by atoms with E-state index >= 15 is 0 Å². The Kier molecular flexibility index (Phi) is 6.55. The van der Waals surface area contributed by atoms with Crippen LogP contribution in [-0.4, -0.2) is 68.6 Å². The van der Waals surface area contributed by atoms with Crippen LogP contribution in [0.5, 0.6) is 0 Å². The molecule has 0 spiro atoms. The number of carbonyl (C=O) groups excluding carboxylic acids is 2. The quantitative estimate of drug-likeness (QED) is 0.574. The van der Waals surface area contributed by atoms with Crippen LogP contribution in [0.15, 0.2) is 36.4 Å². The van der Waals surface area contributed by atoms with Gasteiger partial charge in [-0.3, -0.25) is 9.59 Å². The van der Waals surface area contributed by atoms with E-state index in [4.69, 9.17) is 10.1 Å². The number of nitrogens with zero attached hydrogens (tertiary/aromatic N) is 5. The summed E-state index contributed by atoms with van der Waals surface area (Å²) in [5, 5.41) is 8.41. The Morgan fingerprint density at radius 1 is 1.00 bits per heavy atom. The SMILES string of the molecule is Cc1ccc(C(=O)Nc2ccc3c(C(=O)N4CCC[C@H]4CN4CCCC4)nn(C(C)(C)C)c3n2)cc1. The van der Waals surface area contributed by atoms with Crippen molar-refractivity contribution in [3.63, 3.8) is 0 Å². The predicted molar refractivity (Wildman–Crippen MR) is 141 cm³/mol. The summed E-state index contributed by atoms with van der Waals surface area (Å²) in [6, 6.07) is 11.3. The number of aryl methyl sites for hydroxylation is 1. The van der Waals surface area contributed by atoms with Gasteiger partial charge in [-0.25, -0.2) is 9.67 Å². The van der Waals surface area contributed by atoms with Crippen molar-refractivity contribution in [2.45, 2.75) is 65.0 Å². The molecule has 2 aromatic heterocycles. The number of rotatable bonds is 5. The lowest BCUT2D eigenvalue weighted by atomic mass is 10.1. The van der Waals surface area contributed by atoms with Gasteiger partial charge in [0.1, 0.15) is 5.82 Å². The minimum atomic E-state index is -0.386. The molecule has 4 heterocycles. The topological polar surface area (TPSA) is 83.4 Å². The smallest absolute Gasteiger partial charge is 0.275 e. The van der Waals surface area contributed by atoms with E-state index in [1.165, 1.54) is 12.8 Å². The molecule has 0 aliphatic carbocycles. The van der Waals surface area contributed by atoms with Gasteiger partial charge in [0, 0.05) is 24.7 Å². The van der Waals surface area contributed by atoms with Crippen LogP contribution in [0.1, 0.15) is 72.9 Å². The zero-order valence-corrected chi connectivity index (χ0v) is 21.8. The monoisotopic (exact) mass is 488 g/mol. The van der Waals surface area contributed by atoms with E-state index < -0.39 is 0 Å². The first-order chi connectivity index (χ1) is 17.2. The van der Waals surface area contributed by atoms with Gasteiger partial charge in [0.25, 0.3) is 11.8 Å². The van der Waals surface area contributed by atoms with Crippen molar-refractivity contribution >= 4 is 28.7 Å². The lowest BCUT2D eigenvalue weighted by molar-refractivity contribution is 0.0702. The first-order valence-electron chi connectivity index (χ1n) is 13.0. The van der Waals surface area contributed by atoms with Crippen molar-refractivity contribution in [3.8, 4) is 0 Å². The first kappa shape index (κ1) is 24.4. The second kappa shape index (κ2) is 9.65. The van der Waals surface area contributed by atoms with Gasteiger partial charge in [-0.2, -0.15) is 5.10 Å². The lowest BCUT2D eigenvalue weighted by Gasteiger charge is -2.28. The Labute approximate surface area is 212 Å². The molecule has 1 atom stereocenters. The van der Waals surface area contributed by atoms with E-state index in [9.17, 15) is 9.59 Å². The normalized spacial score (nSPS) is 18.8. The minimum Gasteiger partial charge on any atom is -0.333 e. The molecular formula is C28H36N6O2. The number of hydrogen-bond donors (Lipinski definition) is 1. The third kappa shape index (κ3) is 4.87. The molecule has 0 radical (unpaired) electrons. The van der Waals surface area contributed by atoms with Crippen molar-refractivity contribution in [2.75, 3.05) is 31.5 Å². The number of carbonyl (C=O) groups is 2. The summed E-state index contributed by atoms with van der Waals surface area (Å²) in [7, 11) is 0. The number of hydrogen-bond acceptors (Lipinski definition) is 5. The number of anilines is 1. The lowest BCUT2D eigenvalue weighted by Crippen LogP contribution is -2.42. The van der Waals surface area contributed by atoms with Crippen LogP contribution in [0.25, 0.3) is 11.0 Å². The van der Waals surface area contributed by atoms with Crippen LogP contribution in [0.3, 0.4) is 0 Å². The standard InChI is InChI=1S/C28H36N6O2/c1-19-9-11-20(12-10-19)26(35)30-23-14-13-22-24(31-34(25(22)29-23)28(2,3)4)27(36)33-17-7-8-21(33)18-32-15-5-6-16-32/h9-14,21H,5-8,15-18H2,1-4H3,(H,29,30,35)/t21-/m0/s1. The van der Waals surface area contributed by atoms with Crippen LogP contribution < -0.4 is 5.32 Å². The predicted octanol–water partition coefficient (Wildman–Crippen LogP) is 4.45. The summed E-state index contributed by atoms with van der Waals surface area (Å²) in [4.78, 5) is 35.8. The van der Waals surface area contributed by atoms with Crippen LogP contribution in [0.2, 0.25) is 0 Å². The zero-order valence-electron chi connectivity index (χ0n) is 21.8. The largest absolute Gasteiger partial charge is 0.333 e. The highest BCUT2D eigenvalue weighted by molar-refractivity contribution is 6.06. The van der Waals surface area contributed by atoms with Crippen LogP contribution >= 0.6 is 0 Å². The van der Waals surface area contributed by atoms with Crippen molar-refractivity contribution < 1.29 is 9.59 Å². The van der Waals surface area contributed by atoms with Gasteiger partial charge in [-0.1, -0.05) is 17.7 Å². The van der Waals surface area contributed by atoms with Crippen molar-refractivity contribution in [2.24, 2.45) is 0 Å². The highest BCUT2D eigenvalue weighted by atomic mass is 16.2. The third-order valence-corrected chi connectivity index (χ3v) is 7.23. The Balaban J connectivity index is 1.44. The van der Waals surface area contributed by atoms with E-state index in [-0.39, 0.29) is 23.4 Å². The summed E-state index contributed by atoms with van der Waals surface area (Å²) < 4.78 is 1.81. The van der Waals surface area contributed by atoms with Crippen molar-refractivity contribution in [3.05, 3.63) is 53.2 Å². The first-order valence-corrected chi connectivity index (χ1v) is 13.0. The number of likely N-dealkylation sites (tertiary alicyclic amines) is 2. The second-order valence-corrected chi connectivity index (χ2v) is 11.1. The average molecular weight is 489 g/mol. The molecule has 2 fully saturated rings. The van der Waals surface area contributed by atoms with Gasteiger partial charge in [0.05, 0.1) is 10.9 Å². The summed E-state index contributed by atoms with van der Waals surface area (Å²) in [5.41, 5.74) is 2.32. The maximum Gasteiger partial charge on any atom is 0.275 e. The molecule has 5 rings (SSSR count). The molecular weight excluding hydrogens is 452 g/mol. The number of aromatic nitrogens is 3. The van der Waals surface area contributed by atoms with Crippen LogP contribution in [0, 0.1) is 6.92 Å². The van der Waals surface area contributed by atoms with E-state index in [1.807, 2.05) is 55.5 Å². The molecule has 2 aliphatic heterocycles. The Bertz CT molecular complexity index is 1270. The third-order valence-electron chi connectivity index (χ3n) is 7.23. The van der Waals surface area contributed by atoms with E-state index in [2.05, 4.69) is 10.2 Å². The molecule has 0 bridgehead atoms. The fraction of sp³-hybridized carbons (Fsp3) is 0.500. The van der Waals surface area contributed by atoms with E-state index in [0.717, 1.165) is 50.0 Å². The summed E-state index contributed by atoms with van der Waals surface area (Å²) in [6.45, 7) is 12.1. The number of nitrogens with one attached hydrogen (secondary N) is 1. The van der Waals surface area contributed by atoms with Crippen molar-refractivity contribution in [1.29, 1.82) is 0 Å². The molecule has 2 saturated heterocycles. The molecule has 8 heteroatoms. The van der Waals surface area contributed by atoms with Crippen LogP contribution in [-0.2, 0) is 5.54 Å². The summed E-state index contributed by atoms with van der Waals surface area (Å²) >= 11 is 0. The van der Waals surface area contributed by atoms with Gasteiger partial charge < -0.3 is 15.1 Å². The van der Waals surface area contributed by atoms with E-state index in [1.54, 1.807) is 18.2 Å². The van der Waals surface area contributed by atoms with Gasteiger partial charge in [-0.15, -0.1) is 0 Å². The Hall–Kier alpha value is -3.26. The summed E-state index contributed by atoms with van der Waals surface area (Å²) in [5.74, 6) is 0.190. The average Bonchev–Trinajstić information content (AvgIpc) is 3.59. The van der Waals surface area contributed by atoms with Gasteiger partial charge >= 0.3 is 0 Å². The van der Waals surface area contributed by atoms with Crippen molar-refractivity contribution in [1.82, 2.24) is 24.6 Å². The second-order valence-electron chi connectivity index (χ2n) is 11.1. The fourth-order valence-corrected chi connectivity index (χ4v) is 5.28. The summed E-state index contributed by atoms with van der Waals surface area (Å²) in [6.07, 6.45) is 4.55. The molecule has 1 aromatic carbocycles. The van der Waals surface area contributed by atoms with E-state index in [0.29, 0.717) is 22.7 Å². The Morgan fingerprint density at radius 2 is 1.72 bits per heavy atom. The molecule has 1 N–H and O–H groups in total. The maximum absolute atomic E-state index is 13.8. The minimum absolute atomic E-state index is 0.0251. The molecule has 36 heavy (non-hydrogen) atoms. The molecule has 2 aliphatic rings. The zero-order chi connectivity index (χ0) is 25.4. The number of pyridine rings is 1. The van der Waals surface area contributed by atoms with Gasteiger partial charge in [0.15, 0.2) is 11.3 Å². The molecule has 0 unspecified atom stereocenters. The van der Waals surface area contributed by atoms with Gasteiger partial charge in [0.2, 0.25) is 0 Å². The maximum atomic E-state index is 13.8. The number of fused-ring (bicyclic) bond motifs is 1. The highest BCUT2D eigenvalue weighted by Crippen LogP contribution is 2.29. The van der Waals surface area contributed by atoms with Crippen LogP contribution in [0.4, 0.5) is 5.82 Å². The Morgan fingerprint density at radius 3 is 2.42 bits per heavy atom. The molecule has 2 amide bonds. The molecule has 0 saturated carbocycles. The number of amides is 2. The molecule has 3 aromatic rings. The fourth-order valence-electron chi connectivity index (χ4n) is 5.28. The highest BCUT2D eigenvalue weighted by Gasteiger charge is 2.34. The number of benzene rings is 1. The molecule has 8 nitrogen and oxygen atoms in total. The van der Waals surface area contributed by atoms with Gasteiger partial charge in [-0.05, 0) is 90.7 Å². The molecule has 190 valence electrons.